The van der Waals surface area contributed by atoms with Crippen molar-refractivity contribution in [2.24, 2.45) is 0 Å². The minimum absolute atomic E-state index is 0.201. The molecule has 0 unspecified atom stereocenters. The predicted octanol–water partition coefficient (Wildman–Crippen LogP) is 1.87. The number of ketones is 1. The SMILES string of the molecule is C1=Cc2ccccc2OC1.O=C1Nc2ccc(=O)oc2C1=O. The molecule has 6 nitrogen and oxygen atoms in total. The van der Waals surface area contributed by atoms with Crippen LogP contribution in [-0.4, -0.2) is 18.3 Å². The van der Waals surface area contributed by atoms with E-state index in [1.807, 2.05) is 30.3 Å². The van der Waals surface area contributed by atoms with Crippen LogP contribution in [0.3, 0.4) is 0 Å². The van der Waals surface area contributed by atoms with Crippen molar-refractivity contribution in [2.75, 3.05) is 11.9 Å². The van der Waals surface area contributed by atoms with Gasteiger partial charge in [0, 0.05) is 11.6 Å². The number of benzene rings is 1. The van der Waals surface area contributed by atoms with Crippen LogP contribution in [0.2, 0.25) is 0 Å². The van der Waals surface area contributed by atoms with Crippen LogP contribution in [0.5, 0.6) is 5.75 Å². The smallest absolute Gasteiger partial charge is 0.336 e. The first-order valence-corrected chi connectivity index (χ1v) is 6.53. The molecular formula is C16H11NO5. The Hall–Kier alpha value is -3.15. The number of carbonyl (C=O) groups excluding carboxylic acids is 2. The Labute approximate surface area is 125 Å². The number of nitrogens with one attached hydrogen (secondary N) is 1. The lowest BCUT2D eigenvalue weighted by Gasteiger charge is -2.10. The van der Waals surface area contributed by atoms with Crippen LogP contribution in [0, 0.1) is 0 Å². The van der Waals surface area contributed by atoms with Crippen molar-refractivity contribution in [3.8, 4) is 5.75 Å². The summed E-state index contributed by atoms with van der Waals surface area (Å²) in [6.45, 7) is 0.705. The molecule has 6 heteroatoms. The van der Waals surface area contributed by atoms with Crippen molar-refractivity contribution in [3.63, 3.8) is 0 Å². The molecule has 0 fully saturated rings. The molecule has 4 rings (SSSR count). The second-order valence-corrected chi connectivity index (χ2v) is 4.53. The van der Waals surface area contributed by atoms with Gasteiger partial charge >= 0.3 is 5.63 Å². The Kier molecular flexibility index (Phi) is 3.57. The summed E-state index contributed by atoms with van der Waals surface area (Å²) < 4.78 is 9.85. The third kappa shape index (κ3) is 2.67. The van der Waals surface area contributed by atoms with Gasteiger partial charge in [0.1, 0.15) is 12.4 Å². The number of hydrogen-bond acceptors (Lipinski definition) is 5. The maximum atomic E-state index is 10.9. The van der Waals surface area contributed by atoms with E-state index in [9.17, 15) is 14.4 Å². The molecule has 0 atom stereocenters. The highest BCUT2D eigenvalue weighted by Gasteiger charge is 2.30. The summed E-state index contributed by atoms with van der Waals surface area (Å²) in [6, 6.07) is 10.5. The molecule has 1 aromatic heterocycles. The molecule has 110 valence electrons. The first kappa shape index (κ1) is 13.8. The number of ether oxygens (including phenoxy) is 1. The molecule has 3 heterocycles. The van der Waals surface area contributed by atoms with Crippen molar-refractivity contribution >= 4 is 23.5 Å². The van der Waals surface area contributed by atoms with E-state index in [1.165, 1.54) is 11.6 Å². The molecule has 1 N–H and O–H groups in total. The Morgan fingerprint density at radius 2 is 1.82 bits per heavy atom. The lowest BCUT2D eigenvalue weighted by Crippen LogP contribution is -2.12. The van der Waals surface area contributed by atoms with E-state index in [0.717, 1.165) is 11.8 Å². The van der Waals surface area contributed by atoms with Crippen molar-refractivity contribution in [2.45, 2.75) is 0 Å². The van der Waals surface area contributed by atoms with Gasteiger partial charge in [-0.25, -0.2) is 4.79 Å². The van der Waals surface area contributed by atoms with Crippen LogP contribution in [-0.2, 0) is 4.79 Å². The van der Waals surface area contributed by atoms with Gasteiger partial charge in [0.05, 0.1) is 5.69 Å². The van der Waals surface area contributed by atoms with Crippen LogP contribution in [0.25, 0.3) is 6.08 Å². The number of carbonyl (C=O) groups is 2. The standard InChI is InChI=1S/C9H8O.C7H3NO4/c1-2-6-9-8(4-1)5-3-7-10-9;9-4-2-1-3-6(12-4)5(10)7(11)8-3/h1-6H,7H2;1-2H,(H,8,10,11). The lowest BCUT2D eigenvalue weighted by atomic mass is 10.1. The fourth-order valence-electron chi connectivity index (χ4n) is 2.03. The third-order valence-corrected chi connectivity index (χ3v) is 3.05. The highest BCUT2D eigenvalue weighted by molar-refractivity contribution is 6.50. The van der Waals surface area contributed by atoms with E-state index in [-0.39, 0.29) is 11.4 Å². The Balaban J connectivity index is 0.000000133. The Bertz CT molecular complexity index is 834. The summed E-state index contributed by atoms with van der Waals surface area (Å²) in [6.07, 6.45) is 4.10. The zero-order valence-corrected chi connectivity index (χ0v) is 11.4. The monoisotopic (exact) mass is 297 g/mol. The second-order valence-electron chi connectivity index (χ2n) is 4.53. The molecule has 0 saturated heterocycles. The average Bonchev–Trinajstić information content (AvgIpc) is 2.83. The number of para-hydroxylation sites is 1. The van der Waals surface area contributed by atoms with Crippen molar-refractivity contribution in [1.82, 2.24) is 0 Å². The summed E-state index contributed by atoms with van der Waals surface area (Å²) in [5.41, 5.74) is 0.789. The first-order valence-electron chi connectivity index (χ1n) is 6.53. The lowest BCUT2D eigenvalue weighted by molar-refractivity contribution is -0.112. The quantitative estimate of drug-likeness (QED) is 0.750. The van der Waals surface area contributed by atoms with Gasteiger partial charge in [-0.15, -0.1) is 0 Å². The van der Waals surface area contributed by atoms with Gasteiger partial charge in [0.15, 0.2) is 0 Å². The van der Waals surface area contributed by atoms with Crippen molar-refractivity contribution in [3.05, 3.63) is 64.2 Å². The minimum atomic E-state index is -0.803. The summed E-state index contributed by atoms with van der Waals surface area (Å²) in [7, 11) is 0. The number of rotatable bonds is 0. The van der Waals surface area contributed by atoms with Crippen molar-refractivity contribution in [1.29, 1.82) is 0 Å². The summed E-state index contributed by atoms with van der Waals surface area (Å²) in [5.74, 6) is -0.778. The Morgan fingerprint density at radius 1 is 1.00 bits per heavy atom. The van der Waals surface area contributed by atoms with E-state index < -0.39 is 17.3 Å². The van der Waals surface area contributed by atoms with Gasteiger partial charge in [-0.1, -0.05) is 24.3 Å². The third-order valence-electron chi connectivity index (χ3n) is 3.05. The van der Waals surface area contributed by atoms with Gasteiger partial charge in [-0.3, -0.25) is 9.59 Å². The number of Topliss-reactive ketones (excluding diaryl/α,β-unsaturated/α-hetero) is 1. The molecule has 0 aliphatic carbocycles. The number of hydrogen-bond donors (Lipinski definition) is 1. The number of anilines is 1. The highest BCUT2D eigenvalue weighted by Crippen LogP contribution is 2.22. The molecule has 2 aromatic rings. The van der Waals surface area contributed by atoms with E-state index in [2.05, 4.69) is 15.8 Å². The van der Waals surface area contributed by atoms with Crippen molar-refractivity contribution < 1.29 is 18.7 Å². The van der Waals surface area contributed by atoms with E-state index in [1.54, 1.807) is 0 Å². The van der Waals surface area contributed by atoms with Gasteiger partial charge < -0.3 is 14.5 Å². The molecule has 0 bridgehead atoms. The summed E-state index contributed by atoms with van der Waals surface area (Å²) in [4.78, 5) is 32.2. The zero-order chi connectivity index (χ0) is 15.5. The highest BCUT2D eigenvalue weighted by atomic mass is 16.5. The summed E-state index contributed by atoms with van der Waals surface area (Å²) >= 11 is 0. The molecule has 1 amide bonds. The molecule has 0 radical (unpaired) electrons. The van der Waals surface area contributed by atoms with Gasteiger partial charge in [-0.2, -0.15) is 0 Å². The zero-order valence-electron chi connectivity index (χ0n) is 11.4. The van der Waals surface area contributed by atoms with Crippen LogP contribution in [0.15, 0.2) is 51.7 Å². The minimum Gasteiger partial charge on any atom is -0.489 e. The Morgan fingerprint density at radius 3 is 2.64 bits per heavy atom. The van der Waals surface area contributed by atoms with Gasteiger partial charge in [-0.05, 0) is 18.2 Å². The fraction of sp³-hybridized carbons (Fsp3) is 0.0625. The molecule has 0 saturated carbocycles. The van der Waals surface area contributed by atoms with Crippen LogP contribution < -0.4 is 15.7 Å². The summed E-state index contributed by atoms with van der Waals surface area (Å²) in [5, 5.41) is 2.25. The van der Waals surface area contributed by atoms with E-state index >= 15 is 0 Å². The predicted molar refractivity (Wildman–Crippen MR) is 78.9 cm³/mol. The molecule has 2 aliphatic heterocycles. The average molecular weight is 297 g/mol. The normalized spacial score (nSPS) is 14.2. The van der Waals surface area contributed by atoms with Gasteiger partial charge in [0.25, 0.3) is 11.7 Å². The largest absolute Gasteiger partial charge is 0.489 e. The molecular weight excluding hydrogens is 286 g/mol. The molecule has 2 aliphatic rings. The fourth-order valence-corrected chi connectivity index (χ4v) is 2.03. The molecule has 22 heavy (non-hydrogen) atoms. The molecule has 0 spiro atoms. The van der Waals surface area contributed by atoms with Crippen LogP contribution in [0.1, 0.15) is 16.1 Å². The van der Waals surface area contributed by atoms with Crippen LogP contribution in [0.4, 0.5) is 5.69 Å². The van der Waals surface area contributed by atoms with E-state index in [0.29, 0.717) is 6.61 Å². The van der Waals surface area contributed by atoms with Gasteiger partial charge in [0.2, 0.25) is 5.76 Å². The first-order chi connectivity index (χ1) is 10.6. The number of fused-ring (bicyclic) bond motifs is 2. The molecule has 1 aromatic carbocycles. The maximum absolute atomic E-state index is 10.9. The second kappa shape index (κ2) is 5.69. The topological polar surface area (TPSA) is 85.6 Å². The van der Waals surface area contributed by atoms with E-state index in [4.69, 9.17) is 4.74 Å². The maximum Gasteiger partial charge on any atom is 0.336 e. The van der Waals surface area contributed by atoms with Crippen LogP contribution >= 0.6 is 0 Å². The number of amides is 1.